The van der Waals surface area contributed by atoms with Crippen LogP contribution in [0.3, 0.4) is 0 Å². The number of halogens is 1. The minimum absolute atomic E-state index is 0.261. The third kappa shape index (κ3) is 2.72. The number of aromatic nitrogens is 2. The summed E-state index contributed by atoms with van der Waals surface area (Å²) in [6, 6.07) is 9.02. The van der Waals surface area contributed by atoms with Crippen LogP contribution in [0.4, 0.5) is 0 Å². The first kappa shape index (κ1) is 14.6. The molecule has 21 heavy (non-hydrogen) atoms. The average Bonchev–Trinajstić information content (AvgIpc) is 3.08. The van der Waals surface area contributed by atoms with Gasteiger partial charge in [0.25, 0.3) is 0 Å². The monoisotopic (exact) mass is 303 g/mol. The Kier molecular flexibility index (Phi) is 4.32. The Labute approximate surface area is 131 Å². The molecule has 0 amide bonds. The average molecular weight is 304 g/mol. The van der Waals surface area contributed by atoms with Crippen molar-refractivity contribution in [3.05, 3.63) is 52.3 Å². The van der Waals surface area contributed by atoms with Crippen molar-refractivity contribution in [2.75, 3.05) is 6.54 Å². The normalized spacial score (nSPS) is 16.1. The summed E-state index contributed by atoms with van der Waals surface area (Å²) in [6.45, 7) is 6.04. The zero-order chi connectivity index (χ0) is 14.8. The van der Waals surface area contributed by atoms with E-state index in [1.807, 2.05) is 4.68 Å². The van der Waals surface area contributed by atoms with Crippen molar-refractivity contribution < 1.29 is 0 Å². The standard InChI is InChI=1S/C17H22ClN3/c1-3-19-16(17-15(18)11-20-21(17)4-2)14-9-12-7-5-6-8-13(12)10-14/h5-8,11,14,16,19H,3-4,9-10H2,1-2H3. The molecule has 3 rings (SSSR count). The van der Waals surface area contributed by atoms with Crippen LogP contribution < -0.4 is 5.32 Å². The Balaban J connectivity index is 1.91. The van der Waals surface area contributed by atoms with Crippen LogP contribution >= 0.6 is 11.6 Å². The Morgan fingerprint density at radius 3 is 2.52 bits per heavy atom. The number of hydrogen-bond acceptors (Lipinski definition) is 2. The molecule has 1 N–H and O–H groups in total. The van der Waals surface area contributed by atoms with Crippen LogP contribution in [0.15, 0.2) is 30.5 Å². The minimum atomic E-state index is 0.261. The molecule has 1 aromatic heterocycles. The van der Waals surface area contributed by atoms with Crippen molar-refractivity contribution in [1.29, 1.82) is 0 Å². The van der Waals surface area contributed by atoms with Crippen LogP contribution in [-0.4, -0.2) is 16.3 Å². The molecular weight excluding hydrogens is 282 g/mol. The molecule has 0 saturated carbocycles. The number of nitrogens with zero attached hydrogens (tertiary/aromatic N) is 2. The summed E-state index contributed by atoms with van der Waals surface area (Å²) in [5.41, 5.74) is 4.09. The molecule has 0 fully saturated rings. The second kappa shape index (κ2) is 6.20. The van der Waals surface area contributed by atoms with Gasteiger partial charge in [-0.25, -0.2) is 0 Å². The second-order valence-corrected chi connectivity index (χ2v) is 6.07. The first-order chi connectivity index (χ1) is 10.2. The summed E-state index contributed by atoms with van der Waals surface area (Å²) < 4.78 is 2.03. The highest BCUT2D eigenvalue weighted by molar-refractivity contribution is 6.31. The Morgan fingerprint density at radius 2 is 1.95 bits per heavy atom. The number of nitrogens with one attached hydrogen (secondary N) is 1. The predicted octanol–water partition coefficient (Wildman–Crippen LogP) is 3.62. The molecule has 1 aliphatic carbocycles. The third-order valence-corrected chi connectivity index (χ3v) is 4.70. The van der Waals surface area contributed by atoms with Gasteiger partial charge in [-0.05, 0) is 43.4 Å². The van der Waals surface area contributed by atoms with Gasteiger partial charge in [-0.15, -0.1) is 0 Å². The first-order valence-electron chi connectivity index (χ1n) is 7.76. The maximum absolute atomic E-state index is 6.42. The highest BCUT2D eigenvalue weighted by Crippen LogP contribution is 2.37. The maximum Gasteiger partial charge on any atom is 0.0834 e. The smallest absolute Gasteiger partial charge is 0.0834 e. The van der Waals surface area contributed by atoms with Crippen molar-refractivity contribution in [1.82, 2.24) is 15.1 Å². The molecule has 0 saturated heterocycles. The van der Waals surface area contributed by atoms with Crippen molar-refractivity contribution in [3.63, 3.8) is 0 Å². The molecule has 0 bridgehead atoms. The zero-order valence-corrected chi connectivity index (χ0v) is 13.4. The van der Waals surface area contributed by atoms with Crippen molar-refractivity contribution >= 4 is 11.6 Å². The molecular formula is C17H22ClN3. The fraction of sp³-hybridized carbons (Fsp3) is 0.471. The minimum Gasteiger partial charge on any atom is -0.309 e. The maximum atomic E-state index is 6.42. The summed E-state index contributed by atoms with van der Waals surface area (Å²) in [4.78, 5) is 0. The van der Waals surface area contributed by atoms with E-state index in [9.17, 15) is 0 Å². The van der Waals surface area contributed by atoms with Gasteiger partial charge in [0.05, 0.1) is 23.0 Å². The number of aryl methyl sites for hydroxylation is 1. The van der Waals surface area contributed by atoms with Crippen LogP contribution in [0.5, 0.6) is 0 Å². The molecule has 1 unspecified atom stereocenters. The van der Waals surface area contributed by atoms with Gasteiger partial charge in [-0.1, -0.05) is 42.8 Å². The molecule has 1 atom stereocenters. The van der Waals surface area contributed by atoms with Crippen LogP contribution in [-0.2, 0) is 19.4 Å². The number of benzene rings is 1. The largest absolute Gasteiger partial charge is 0.309 e. The number of fused-ring (bicyclic) bond motifs is 1. The van der Waals surface area contributed by atoms with E-state index in [1.165, 1.54) is 11.1 Å². The topological polar surface area (TPSA) is 29.9 Å². The molecule has 2 aromatic rings. The van der Waals surface area contributed by atoms with Gasteiger partial charge in [-0.3, -0.25) is 4.68 Å². The van der Waals surface area contributed by atoms with Gasteiger partial charge >= 0.3 is 0 Å². The fourth-order valence-corrected chi connectivity index (χ4v) is 3.73. The molecule has 0 radical (unpaired) electrons. The van der Waals surface area contributed by atoms with E-state index in [-0.39, 0.29) is 6.04 Å². The van der Waals surface area contributed by atoms with Crippen LogP contribution in [0.1, 0.15) is 36.7 Å². The van der Waals surface area contributed by atoms with E-state index in [0.29, 0.717) is 5.92 Å². The highest BCUT2D eigenvalue weighted by atomic mass is 35.5. The lowest BCUT2D eigenvalue weighted by Crippen LogP contribution is -2.31. The molecule has 1 heterocycles. The van der Waals surface area contributed by atoms with Gasteiger partial charge in [0.1, 0.15) is 0 Å². The molecule has 1 aromatic carbocycles. The first-order valence-corrected chi connectivity index (χ1v) is 8.13. The number of rotatable bonds is 5. The predicted molar refractivity (Wildman–Crippen MR) is 86.7 cm³/mol. The molecule has 1 aliphatic rings. The van der Waals surface area contributed by atoms with E-state index < -0.39 is 0 Å². The fourth-order valence-electron chi connectivity index (χ4n) is 3.47. The third-order valence-electron chi connectivity index (χ3n) is 4.41. The molecule has 0 aliphatic heterocycles. The summed E-state index contributed by atoms with van der Waals surface area (Å²) in [5, 5.41) is 8.81. The Morgan fingerprint density at radius 1 is 1.29 bits per heavy atom. The van der Waals surface area contributed by atoms with Crippen LogP contribution in [0, 0.1) is 5.92 Å². The van der Waals surface area contributed by atoms with Gasteiger partial charge in [-0.2, -0.15) is 5.10 Å². The summed E-state index contributed by atoms with van der Waals surface area (Å²) in [7, 11) is 0. The van der Waals surface area contributed by atoms with Gasteiger partial charge in [0.15, 0.2) is 0 Å². The van der Waals surface area contributed by atoms with Gasteiger partial charge < -0.3 is 5.32 Å². The van der Waals surface area contributed by atoms with Crippen molar-refractivity contribution in [2.45, 2.75) is 39.3 Å². The summed E-state index contributed by atoms with van der Waals surface area (Å²) in [5.74, 6) is 0.543. The van der Waals surface area contributed by atoms with Crippen LogP contribution in [0.25, 0.3) is 0 Å². The van der Waals surface area contributed by atoms with E-state index >= 15 is 0 Å². The lowest BCUT2D eigenvalue weighted by atomic mass is 9.93. The van der Waals surface area contributed by atoms with E-state index in [4.69, 9.17) is 11.6 Å². The SMILES string of the molecule is CCNC(c1c(Cl)cnn1CC)C1Cc2ccccc2C1. The molecule has 4 heteroatoms. The lowest BCUT2D eigenvalue weighted by Gasteiger charge is -2.25. The quantitative estimate of drug-likeness (QED) is 0.914. The van der Waals surface area contributed by atoms with E-state index in [0.717, 1.165) is 36.6 Å². The second-order valence-electron chi connectivity index (χ2n) is 5.67. The van der Waals surface area contributed by atoms with Gasteiger partial charge in [0.2, 0.25) is 0 Å². The molecule has 112 valence electrons. The van der Waals surface area contributed by atoms with Crippen LogP contribution in [0.2, 0.25) is 5.02 Å². The van der Waals surface area contributed by atoms with Crippen molar-refractivity contribution in [2.24, 2.45) is 5.92 Å². The van der Waals surface area contributed by atoms with Crippen molar-refractivity contribution in [3.8, 4) is 0 Å². The van der Waals surface area contributed by atoms with Gasteiger partial charge in [0, 0.05) is 6.54 Å². The Hall–Kier alpha value is -1.32. The Bertz CT molecular complexity index is 595. The zero-order valence-electron chi connectivity index (χ0n) is 12.6. The van der Waals surface area contributed by atoms with E-state index in [2.05, 4.69) is 48.5 Å². The summed E-state index contributed by atoms with van der Waals surface area (Å²) >= 11 is 6.42. The van der Waals surface area contributed by atoms with E-state index in [1.54, 1.807) is 6.20 Å². The summed E-state index contributed by atoms with van der Waals surface area (Å²) in [6.07, 6.45) is 3.99. The number of hydrogen-bond donors (Lipinski definition) is 1. The molecule has 0 spiro atoms. The highest BCUT2D eigenvalue weighted by Gasteiger charge is 2.32. The lowest BCUT2D eigenvalue weighted by molar-refractivity contribution is 0.357. The molecule has 3 nitrogen and oxygen atoms in total.